The van der Waals surface area contributed by atoms with Gasteiger partial charge in [-0.2, -0.15) is 11.8 Å². The topological polar surface area (TPSA) is 66.8 Å². The van der Waals surface area contributed by atoms with Crippen molar-refractivity contribution in [3.8, 4) is 0 Å². The number of carbonyl (C=O) groups is 2. The summed E-state index contributed by atoms with van der Waals surface area (Å²) in [5.41, 5.74) is -0.308. The van der Waals surface area contributed by atoms with Crippen molar-refractivity contribution in [2.24, 2.45) is 0 Å². The highest BCUT2D eigenvalue weighted by Crippen LogP contribution is 2.36. The number of aliphatic carboxylic acids is 1. The van der Waals surface area contributed by atoms with E-state index in [0.717, 1.165) is 30.8 Å². The summed E-state index contributed by atoms with van der Waals surface area (Å²) in [6.45, 7) is 0.236. The molecule has 0 aromatic carbocycles. The highest BCUT2D eigenvalue weighted by molar-refractivity contribution is 7.99. The second-order valence-corrected chi connectivity index (χ2v) is 5.45. The normalized spacial score (nSPS) is 24.2. The Hall–Kier alpha value is -0.910. The fraction of sp³-hybridized carbons (Fsp3) is 0.800. The molecule has 90 valence electrons. The van der Waals surface area contributed by atoms with Crippen LogP contribution in [-0.4, -0.2) is 52.3 Å². The van der Waals surface area contributed by atoms with Crippen LogP contribution in [0.25, 0.3) is 0 Å². The zero-order valence-corrected chi connectivity index (χ0v) is 9.79. The van der Waals surface area contributed by atoms with Gasteiger partial charge >= 0.3 is 12.1 Å². The van der Waals surface area contributed by atoms with Crippen molar-refractivity contribution in [3.63, 3.8) is 0 Å². The molecule has 2 aliphatic heterocycles. The lowest BCUT2D eigenvalue weighted by Gasteiger charge is -2.42. The van der Waals surface area contributed by atoms with Gasteiger partial charge < -0.3 is 9.84 Å². The van der Waals surface area contributed by atoms with Gasteiger partial charge in [-0.15, -0.1) is 0 Å². The van der Waals surface area contributed by atoms with Crippen LogP contribution in [-0.2, 0) is 9.53 Å². The van der Waals surface area contributed by atoms with Crippen LogP contribution in [0.1, 0.15) is 19.3 Å². The molecule has 0 bridgehead atoms. The Bertz CT molecular complexity index is 301. The van der Waals surface area contributed by atoms with Gasteiger partial charge in [-0.25, -0.2) is 4.79 Å². The van der Waals surface area contributed by atoms with Crippen LogP contribution in [0.4, 0.5) is 4.79 Å². The zero-order valence-electron chi connectivity index (χ0n) is 8.98. The number of thioether (sulfide) groups is 1. The summed E-state index contributed by atoms with van der Waals surface area (Å²) in [6, 6.07) is 0. The van der Waals surface area contributed by atoms with Crippen molar-refractivity contribution >= 4 is 23.8 Å². The summed E-state index contributed by atoms with van der Waals surface area (Å²) in [5, 5.41) is 8.63. The van der Waals surface area contributed by atoms with Crippen molar-refractivity contribution in [2.45, 2.75) is 24.9 Å². The molecule has 0 radical (unpaired) electrons. The highest BCUT2D eigenvalue weighted by atomic mass is 32.2. The van der Waals surface area contributed by atoms with Crippen molar-refractivity contribution < 1.29 is 19.4 Å². The second-order valence-electron chi connectivity index (χ2n) is 4.23. The lowest BCUT2D eigenvalue weighted by Crippen LogP contribution is -2.52. The Labute approximate surface area is 98.1 Å². The largest absolute Gasteiger partial charge is 0.480 e. The lowest BCUT2D eigenvalue weighted by atomic mass is 9.91. The Balaban J connectivity index is 1.96. The number of carbonyl (C=O) groups excluding carboxylic acids is 1. The Kier molecular flexibility index (Phi) is 3.28. The summed E-state index contributed by atoms with van der Waals surface area (Å²) in [7, 11) is 0. The first-order chi connectivity index (χ1) is 7.61. The average Bonchev–Trinajstić information content (AvgIpc) is 2.23. The predicted octanol–water partition coefficient (Wildman–Crippen LogP) is 1.18. The maximum atomic E-state index is 11.6. The number of nitrogens with zero attached hydrogens (tertiary/aromatic N) is 1. The van der Waals surface area contributed by atoms with Crippen LogP contribution in [0.2, 0.25) is 0 Å². The molecule has 0 atom stereocenters. The molecule has 0 aromatic heterocycles. The van der Waals surface area contributed by atoms with Gasteiger partial charge in [0.25, 0.3) is 0 Å². The maximum absolute atomic E-state index is 11.6. The molecule has 2 rings (SSSR count). The van der Waals surface area contributed by atoms with Crippen molar-refractivity contribution in [1.82, 2.24) is 4.90 Å². The minimum absolute atomic E-state index is 0.260. The third kappa shape index (κ3) is 2.42. The van der Waals surface area contributed by atoms with E-state index in [9.17, 15) is 9.59 Å². The highest BCUT2D eigenvalue weighted by Gasteiger charge is 2.41. The molecule has 2 saturated heterocycles. The summed E-state index contributed by atoms with van der Waals surface area (Å²) < 4.78 is 5.44. The van der Waals surface area contributed by atoms with E-state index in [1.54, 1.807) is 0 Å². The first-order valence-corrected chi connectivity index (χ1v) is 6.54. The number of hydrogen-bond donors (Lipinski definition) is 1. The number of carboxylic acids is 1. The first-order valence-electron chi connectivity index (χ1n) is 5.39. The lowest BCUT2D eigenvalue weighted by molar-refractivity contribution is -0.139. The number of carboxylic acid groups (broad SMARTS) is 1. The molecule has 1 spiro atoms. The molecule has 2 fully saturated rings. The molecular formula is C10H15NO4S. The molecule has 1 amide bonds. The number of rotatable bonds is 2. The maximum Gasteiger partial charge on any atom is 0.410 e. The molecule has 0 aliphatic carbocycles. The molecule has 0 saturated carbocycles. The Morgan fingerprint density at radius 2 is 2.12 bits per heavy atom. The van der Waals surface area contributed by atoms with Gasteiger partial charge in [0.15, 0.2) is 0 Å². The van der Waals surface area contributed by atoms with E-state index in [2.05, 4.69) is 0 Å². The quantitative estimate of drug-likeness (QED) is 0.791. The summed E-state index contributed by atoms with van der Waals surface area (Å²) in [6.07, 6.45) is 2.07. The number of amides is 1. The van der Waals surface area contributed by atoms with Gasteiger partial charge in [-0.05, 0) is 24.3 Å². The predicted molar refractivity (Wildman–Crippen MR) is 59.6 cm³/mol. The molecule has 6 heteroatoms. The van der Waals surface area contributed by atoms with Gasteiger partial charge in [0.1, 0.15) is 12.1 Å². The summed E-state index contributed by atoms with van der Waals surface area (Å²) in [4.78, 5) is 23.4. The van der Waals surface area contributed by atoms with Crippen molar-refractivity contribution in [1.29, 1.82) is 0 Å². The van der Waals surface area contributed by atoms with E-state index in [4.69, 9.17) is 9.84 Å². The zero-order chi connectivity index (χ0) is 11.6. The van der Waals surface area contributed by atoms with Crippen LogP contribution < -0.4 is 0 Å². The van der Waals surface area contributed by atoms with E-state index in [1.807, 2.05) is 11.8 Å². The van der Waals surface area contributed by atoms with E-state index in [0.29, 0.717) is 6.54 Å². The van der Waals surface area contributed by atoms with E-state index >= 15 is 0 Å². The standard InChI is InChI=1S/C10H15NO4S/c12-8(13)7-11-4-1-10(15-9(11)14)2-5-16-6-3-10/h1-7H2,(H,12,13). The van der Waals surface area contributed by atoms with Gasteiger partial charge in [-0.3, -0.25) is 9.69 Å². The third-order valence-corrected chi connectivity index (χ3v) is 4.12. The van der Waals surface area contributed by atoms with E-state index < -0.39 is 12.1 Å². The minimum Gasteiger partial charge on any atom is -0.480 e. The van der Waals surface area contributed by atoms with Gasteiger partial charge in [-0.1, -0.05) is 0 Å². The summed E-state index contributed by atoms with van der Waals surface area (Å²) in [5.74, 6) is 1.05. The molecule has 0 unspecified atom stereocenters. The van der Waals surface area contributed by atoms with Crippen LogP contribution in [0.3, 0.4) is 0 Å². The number of hydrogen-bond acceptors (Lipinski definition) is 4. The summed E-state index contributed by atoms with van der Waals surface area (Å²) >= 11 is 1.88. The third-order valence-electron chi connectivity index (χ3n) is 3.13. The number of ether oxygens (including phenoxy) is 1. The fourth-order valence-electron chi connectivity index (χ4n) is 2.13. The fourth-order valence-corrected chi connectivity index (χ4v) is 3.37. The van der Waals surface area contributed by atoms with Crippen LogP contribution >= 0.6 is 11.8 Å². The monoisotopic (exact) mass is 245 g/mol. The van der Waals surface area contributed by atoms with Crippen LogP contribution in [0.15, 0.2) is 0 Å². The Morgan fingerprint density at radius 3 is 2.69 bits per heavy atom. The Morgan fingerprint density at radius 1 is 1.44 bits per heavy atom. The molecule has 2 heterocycles. The molecule has 1 N–H and O–H groups in total. The van der Waals surface area contributed by atoms with E-state index in [-0.39, 0.29) is 12.1 Å². The van der Waals surface area contributed by atoms with Crippen molar-refractivity contribution in [2.75, 3.05) is 24.6 Å². The molecular weight excluding hydrogens is 230 g/mol. The average molecular weight is 245 g/mol. The smallest absolute Gasteiger partial charge is 0.410 e. The SMILES string of the molecule is O=C(O)CN1CCC2(CCSCC2)OC1=O. The van der Waals surface area contributed by atoms with Crippen LogP contribution in [0, 0.1) is 0 Å². The minimum atomic E-state index is -0.993. The van der Waals surface area contributed by atoms with Crippen molar-refractivity contribution in [3.05, 3.63) is 0 Å². The first kappa shape index (κ1) is 11.6. The molecule has 2 aliphatic rings. The van der Waals surface area contributed by atoms with Gasteiger partial charge in [0.2, 0.25) is 0 Å². The molecule has 16 heavy (non-hydrogen) atoms. The van der Waals surface area contributed by atoms with Gasteiger partial charge in [0.05, 0.1) is 0 Å². The van der Waals surface area contributed by atoms with Gasteiger partial charge in [0, 0.05) is 13.0 Å². The second kappa shape index (κ2) is 4.53. The van der Waals surface area contributed by atoms with Crippen LogP contribution in [0.5, 0.6) is 0 Å². The van der Waals surface area contributed by atoms with E-state index in [1.165, 1.54) is 4.90 Å². The molecule has 0 aromatic rings. The molecule has 5 nitrogen and oxygen atoms in total.